The van der Waals surface area contributed by atoms with E-state index in [-0.39, 0.29) is 11.8 Å². The van der Waals surface area contributed by atoms with Crippen LogP contribution in [0.1, 0.15) is 25.7 Å². The predicted molar refractivity (Wildman–Crippen MR) is 128 cm³/mol. The number of carbonyl (C=O) groups excluding carboxylic acids is 2. The minimum atomic E-state index is -0.0428. The first-order valence-corrected chi connectivity index (χ1v) is 12.1. The molecular formula is C22H46N4O8. The van der Waals surface area contributed by atoms with Gasteiger partial charge in [0.05, 0.1) is 66.1 Å². The van der Waals surface area contributed by atoms with Crippen LogP contribution in [-0.2, 0) is 38.0 Å². The quantitative estimate of drug-likeness (QED) is 0.102. The van der Waals surface area contributed by atoms with Gasteiger partial charge >= 0.3 is 0 Å². The molecule has 0 saturated carbocycles. The molecule has 0 spiro atoms. The number of carbonyl (C=O) groups is 2. The average molecular weight is 495 g/mol. The van der Waals surface area contributed by atoms with Crippen LogP contribution in [-0.4, -0.2) is 117 Å². The summed E-state index contributed by atoms with van der Waals surface area (Å²) in [5, 5.41) is 5.65. The average Bonchev–Trinajstić information content (AvgIpc) is 2.83. The molecule has 12 heteroatoms. The number of amides is 2. The summed E-state index contributed by atoms with van der Waals surface area (Å²) in [5.74, 6) is -0.0856. The zero-order chi connectivity index (χ0) is 25.0. The van der Waals surface area contributed by atoms with E-state index < -0.39 is 0 Å². The third-order valence-electron chi connectivity index (χ3n) is 4.16. The zero-order valence-corrected chi connectivity index (χ0v) is 20.6. The third-order valence-corrected chi connectivity index (χ3v) is 4.16. The fraction of sp³-hybridized carbons (Fsp3) is 0.909. The molecule has 0 aliphatic rings. The highest BCUT2D eigenvalue weighted by atomic mass is 16.5. The van der Waals surface area contributed by atoms with E-state index in [0.29, 0.717) is 118 Å². The molecule has 0 heterocycles. The molecule has 0 rings (SSSR count). The normalized spacial score (nSPS) is 11.0. The van der Waals surface area contributed by atoms with Gasteiger partial charge < -0.3 is 50.5 Å². The summed E-state index contributed by atoms with van der Waals surface area (Å²) in [7, 11) is 0. The van der Waals surface area contributed by atoms with Crippen molar-refractivity contribution < 1.29 is 38.0 Å². The predicted octanol–water partition coefficient (Wildman–Crippen LogP) is -1.20. The molecule has 202 valence electrons. The van der Waals surface area contributed by atoms with Crippen molar-refractivity contribution in [1.29, 1.82) is 0 Å². The maximum atomic E-state index is 11.7. The van der Waals surface area contributed by atoms with E-state index in [9.17, 15) is 9.59 Å². The van der Waals surface area contributed by atoms with Crippen LogP contribution in [0, 0.1) is 0 Å². The topological polar surface area (TPSA) is 166 Å². The fourth-order valence-electron chi connectivity index (χ4n) is 2.44. The Labute approximate surface area is 203 Å². The SMILES string of the molecule is NCCOCCOCCC(=O)NCCCOCCOCCCNC(=O)CCOCCOCCN. The second kappa shape index (κ2) is 27.9. The van der Waals surface area contributed by atoms with E-state index in [2.05, 4.69) is 10.6 Å². The van der Waals surface area contributed by atoms with Crippen LogP contribution in [0.5, 0.6) is 0 Å². The Morgan fingerprint density at radius 1 is 0.471 bits per heavy atom. The van der Waals surface area contributed by atoms with E-state index in [1.54, 1.807) is 0 Å². The highest BCUT2D eigenvalue weighted by Crippen LogP contribution is 1.89. The van der Waals surface area contributed by atoms with Crippen molar-refractivity contribution in [2.75, 3.05) is 105 Å². The molecule has 0 aromatic carbocycles. The molecule has 0 aromatic rings. The Bertz CT molecular complexity index is 421. The summed E-state index contributed by atoms with van der Waals surface area (Å²) in [6, 6.07) is 0. The minimum absolute atomic E-state index is 0.0428. The lowest BCUT2D eigenvalue weighted by Gasteiger charge is -2.08. The van der Waals surface area contributed by atoms with Crippen LogP contribution in [0.2, 0.25) is 0 Å². The number of nitrogens with two attached hydrogens (primary N) is 2. The Hall–Kier alpha value is -1.38. The van der Waals surface area contributed by atoms with Crippen LogP contribution in [0.25, 0.3) is 0 Å². The molecular weight excluding hydrogens is 448 g/mol. The van der Waals surface area contributed by atoms with Gasteiger partial charge in [0, 0.05) is 52.2 Å². The molecule has 0 aromatic heterocycles. The molecule has 0 unspecified atom stereocenters. The van der Waals surface area contributed by atoms with Crippen molar-refractivity contribution >= 4 is 11.8 Å². The monoisotopic (exact) mass is 494 g/mol. The van der Waals surface area contributed by atoms with Gasteiger partial charge in [-0.3, -0.25) is 9.59 Å². The van der Waals surface area contributed by atoms with E-state index >= 15 is 0 Å². The molecule has 2 amide bonds. The van der Waals surface area contributed by atoms with Gasteiger partial charge in [-0.05, 0) is 12.8 Å². The van der Waals surface area contributed by atoms with Gasteiger partial charge in [-0.25, -0.2) is 0 Å². The van der Waals surface area contributed by atoms with Crippen molar-refractivity contribution in [3.63, 3.8) is 0 Å². The highest BCUT2D eigenvalue weighted by Gasteiger charge is 2.02. The van der Waals surface area contributed by atoms with Crippen LogP contribution >= 0.6 is 0 Å². The van der Waals surface area contributed by atoms with E-state index in [4.69, 9.17) is 39.9 Å². The molecule has 34 heavy (non-hydrogen) atoms. The summed E-state index contributed by atoms with van der Waals surface area (Å²) >= 11 is 0. The van der Waals surface area contributed by atoms with E-state index in [1.165, 1.54) is 0 Å². The lowest BCUT2D eigenvalue weighted by Crippen LogP contribution is -2.27. The van der Waals surface area contributed by atoms with Crippen molar-refractivity contribution in [3.05, 3.63) is 0 Å². The Balaban J connectivity index is 3.22. The lowest BCUT2D eigenvalue weighted by atomic mass is 10.4. The fourth-order valence-corrected chi connectivity index (χ4v) is 2.44. The summed E-state index contributed by atoms with van der Waals surface area (Å²) in [4.78, 5) is 23.3. The van der Waals surface area contributed by atoms with Gasteiger partial charge in [-0.2, -0.15) is 0 Å². The van der Waals surface area contributed by atoms with Crippen LogP contribution in [0.4, 0.5) is 0 Å². The van der Waals surface area contributed by atoms with E-state index in [1.807, 2.05) is 0 Å². The first-order chi connectivity index (χ1) is 16.7. The standard InChI is InChI=1S/C22H46N4O8/c23-5-13-33-19-17-31-11-3-21(27)25-7-1-9-29-15-16-30-10-2-8-26-22(28)4-12-32-18-20-34-14-6-24/h1-20,23-24H2,(H,25,27)(H,26,28). The number of hydrogen-bond acceptors (Lipinski definition) is 10. The smallest absolute Gasteiger partial charge is 0.222 e. The zero-order valence-electron chi connectivity index (χ0n) is 20.6. The van der Waals surface area contributed by atoms with Crippen LogP contribution < -0.4 is 22.1 Å². The number of rotatable bonds is 27. The molecule has 12 nitrogen and oxygen atoms in total. The minimum Gasteiger partial charge on any atom is -0.379 e. The molecule has 0 radical (unpaired) electrons. The first kappa shape index (κ1) is 32.6. The van der Waals surface area contributed by atoms with E-state index in [0.717, 1.165) is 12.8 Å². The van der Waals surface area contributed by atoms with Crippen molar-refractivity contribution in [2.45, 2.75) is 25.7 Å². The second-order valence-corrected chi connectivity index (χ2v) is 7.16. The molecule has 6 N–H and O–H groups in total. The number of hydrogen-bond donors (Lipinski definition) is 4. The molecule has 0 bridgehead atoms. The Kier molecular flexibility index (Phi) is 26.7. The third kappa shape index (κ3) is 26.9. The van der Waals surface area contributed by atoms with Crippen molar-refractivity contribution in [2.24, 2.45) is 11.5 Å². The molecule has 0 aliphatic carbocycles. The molecule has 0 aliphatic heterocycles. The maximum Gasteiger partial charge on any atom is 0.222 e. The summed E-state index contributed by atoms with van der Waals surface area (Å²) < 4.78 is 31.9. The summed E-state index contributed by atoms with van der Waals surface area (Å²) in [5.41, 5.74) is 10.6. The highest BCUT2D eigenvalue weighted by molar-refractivity contribution is 5.76. The number of ether oxygens (including phenoxy) is 6. The van der Waals surface area contributed by atoms with Crippen LogP contribution in [0.3, 0.4) is 0 Å². The summed E-state index contributed by atoms with van der Waals surface area (Å²) in [6.07, 6.45) is 2.11. The lowest BCUT2D eigenvalue weighted by molar-refractivity contribution is -0.123. The molecule has 0 fully saturated rings. The summed E-state index contributed by atoms with van der Waals surface area (Å²) in [6.45, 7) is 7.86. The molecule has 0 saturated heterocycles. The van der Waals surface area contributed by atoms with Gasteiger partial charge in [0.25, 0.3) is 0 Å². The largest absolute Gasteiger partial charge is 0.379 e. The van der Waals surface area contributed by atoms with Gasteiger partial charge in [0.15, 0.2) is 0 Å². The number of nitrogens with one attached hydrogen (secondary N) is 2. The van der Waals surface area contributed by atoms with Crippen molar-refractivity contribution in [1.82, 2.24) is 10.6 Å². The van der Waals surface area contributed by atoms with Crippen LogP contribution in [0.15, 0.2) is 0 Å². The van der Waals surface area contributed by atoms with Crippen molar-refractivity contribution in [3.8, 4) is 0 Å². The first-order valence-electron chi connectivity index (χ1n) is 12.1. The Morgan fingerprint density at radius 2 is 0.794 bits per heavy atom. The van der Waals surface area contributed by atoms with Gasteiger partial charge in [-0.1, -0.05) is 0 Å². The van der Waals surface area contributed by atoms with Gasteiger partial charge in [-0.15, -0.1) is 0 Å². The Morgan fingerprint density at radius 3 is 1.15 bits per heavy atom. The second-order valence-electron chi connectivity index (χ2n) is 7.16. The van der Waals surface area contributed by atoms with Gasteiger partial charge in [0.2, 0.25) is 11.8 Å². The molecule has 0 atom stereocenters. The van der Waals surface area contributed by atoms with Gasteiger partial charge in [0.1, 0.15) is 0 Å². The maximum absolute atomic E-state index is 11.7.